The predicted molar refractivity (Wildman–Crippen MR) is 166 cm³/mol. The van der Waals surface area contributed by atoms with E-state index in [4.69, 9.17) is 28.4 Å². The Bertz CT molecular complexity index is 1620. The lowest BCUT2D eigenvalue weighted by molar-refractivity contribution is -0.267. The molecule has 0 bridgehead atoms. The Morgan fingerprint density at radius 3 is 1.96 bits per heavy atom. The maximum atomic E-state index is 15.2. The largest absolute Gasteiger partial charge is 0.459 e. The standard InChI is InChI=1S/C36H46O14/c1-12-10-19-35(8,36(9,44)32(43)50-19)24-21(12)34(7)22(26(24)42)20-23(29(46-14(3)38)31(34)48-16(5)40)33(6)17(27(25(20)41)45-13(2)37)11-18-28(49-18)30(33)47-15(4)39/h10,12,17-18,20-24,26-31,42,44H,11H2,1-9H3/t12-,17-,18+,20+,21+,22-,23-,24+,26-,27-,28+,29+,30+,31+,33+,34-,35+,36-/m1/s1. The van der Waals surface area contributed by atoms with Crippen molar-refractivity contribution in [2.24, 2.45) is 57.7 Å². The first-order valence-electron chi connectivity index (χ1n) is 17.4. The molecule has 0 aromatic heterocycles. The zero-order valence-corrected chi connectivity index (χ0v) is 29.7. The number of aliphatic hydroxyl groups excluding tert-OH is 1. The molecule has 6 fully saturated rings. The van der Waals surface area contributed by atoms with Gasteiger partial charge in [0.15, 0.2) is 17.5 Å². The van der Waals surface area contributed by atoms with E-state index in [1.807, 2.05) is 6.92 Å². The minimum atomic E-state index is -2.09. The van der Waals surface area contributed by atoms with E-state index in [-0.39, 0.29) is 12.2 Å². The van der Waals surface area contributed by atoms with E-state index < -0.39 is 142 Å². The number of fused-ring (bicyclic) bond motifs is 10. The van der Waals surface area contributed by atoms with E-state index in [0.29, 0.717) is 0 Å². The molecule has 274 valence electrons. The summed E-state index contributed by atoms with van der Waals surface area (Å²) in [5, 5.41) is 24.6. The zero-order valence-electron chi connectivity index (χ0n) is 29.7. The van der Waals surface area contributed by atoms with Gasteiger partial charge in [0.2, 0.25) is 0 Å². The van der Waals surface area contributed by atoms with Gasteiger partial charge < -0.3 is 38.6 Å². The van der Waals surface area contributed by atoms with Crippen molar-refractivity contribution in [3.05, 3.63) is 11.8 Å². The number of carbonyl (C=O) groups is 6. The van der Waals surface area contributed by atoms with Gasteiger partial charge in [-0.1, -0.05) is 20.8 Å². The number of aliphatic hydroxyl groups is 2. The summed E-state index contributed by atoms with van der Waals surface area (Å²) in [5.74, 6) is -10.1. The summed E-state index contributed by atoms with van der Waals surface area (Å²) >= 11 is 0. The number of rotatable bonds is 4. The second-order valence-electron chi connectivity index (χ2n) is 16.5. The van der Waals surface area contributed by atoms with Crippen LogP contribution < -0.4 is 0 Å². The van der Waals surface area contributed by atoms with Crippen LogP contribution in [0.3, 0.4) is 0 Å². The maximum absolute atomic E-state index is 15.2. The van der Waals surface area contributed by atoms with Crippen LogP contribution in [-0.2, 0) is 57.2 Å². The number of allylic oxidation sites excluding steroid dienone is 1. The molecule has 2 heterocycles. The molecule has 7 rings (SSSR count). The number of hydrogen-bond donors (Lipinski definition) is 2. The molecule has 0 amide bonds. The molecule has 50 heavy (non-hydrogen) atoms. The van der Waals surface area contributed by atoms with Crippen molar-refractivity contribution in [1.29, 1.82) is 0 Å². The highest BCUT2D eigenvalue weighted by Crippen LogP contribution is 2.75. The third kappa shape index (κ3) is 4.24. The van der Waals surface area contributed by atoms with Gasteiger partial charge in [0.05, 0.1) is 17.6 Å². The quantitative estimate of drug-likeness (QED) is 0.242. The maximum Gasteiger partial charge on any atom is 0.343 e. The molecule has 2 saturated heterocycles. The van der Waals surface area contributed by atoms with Gasteiger partial charge in [0, 0.05) is 68.1 Å². The van der Waals surface area contributed by atoms with Crippen molar-refractivity contribution in [3.63, 3.8) is 0 Å². The Labute approximate surface area is 289 Å². The molecule has 2 aliphatic heterocycles. The first-order valence-corrected chi connectivity index (χ1v) is 17.4. The zero-order chi connectivity index (χ0) is 36.8. The SMILES string of the molecule is CC(=O)O[C@H]1[C@H]2[C@@H](C(=O)[C@H](OC(C)=O)[C@H]3C[C@@H]4O[C@@H]4[C@H](OC(C)=O)[C@]23C)[C@@H]2[C@@H](O)[C@@H]3[C@H]([C@H](C)C=C4OC(=O)[C@@](C)(O)[C@@]43C)[C@@]2(C)[C@H]1OC(C)=O. The number of epoxide rings is 1. The molecule has 14 nitrogen and oxygen atoms in total. The Hall–Kier alpha value is -3.36. The second-order valence-corrected chi connectivity index (χ2v) is 16.5. The van der Waals surface area contributed by atoms with Gasteiger partial charge in [-0.25, -0.2) is 4.79 Å². The third-order valence-corrected chi connectivity index (χ3v) is 14.1. The summed E-state index contributed by atoms with van der Waals surface area (Å²) in [7, 11) is 0. The molecule has 0 unspecified atom stereocenters. The van der Waals surface area contributed by atoms with E-state index in [2.05, 4.69) is 0 Å². The fourth-order valence-electron chi connectivity index (χ4n) is 12.2. The minimum Gasteiger partial charge on any atom is -0.459 e. The van der Waals surface area contributed by atoms with Gasteiger partial charge in [-0.05, 0) is 38.2 Å². The first-order chi connectivity index (χ1) is 23.1. The van der Waals surface area contributed by atoms with E-state index in [1.54, 1.807) is 26.8 Å². The summed E-state index contributed by atoms with van der Waals surface area (Å²) in [6.07, 6.45) is -5.28. The summed E-state index contributed by atoms with van der Waals surface area (Å²) in [5.41, 5.74) is -6.19. The Morgan fingerprint density at radius 2 is 1.38 bits per heavy atom. The van der Waals surface area contributed by atoms with Crippen LogP contribution in [0, 0.1) is 57.7 Å². The molecule has 0 aromatic rings. The molecular weight excluding hydrogens is 656 g/mol. The lowest BCUT2D eigenvalue weighted by Crippen LogP contribution is -2.74. The van der Waals surface area contributed by atoms with Gasteiger partial charge in [-0.3, -0.25) is 24.0 Å². The Kier molecular flexibility index (Phi) is 7.59. The van der Waals surface area contributed by atoms with Crippen molar-refractivity contribution in [2.45, 2.75) is 117 Å². The van der Waals surface area contributed by atoms with E-state index in [0.717, 1.165) is 0 Å². The molecule has 2 N–H and O–H groups in total. The number of esters is 5. The normalized spacial score (nSPS) is 52.3. The van der Waals surface area contributed by atoms with Gasteiger partial charge in [-0.2, -0.15) is 0 Å². The summed E-state index contributed by atoms with van der Waals surface area (Å²) in [4.78, 5) is 79.8. The lowest BCUT2D eigenvalue weighted by Gasteiger charge is -2.65. The van der Waals surface area contributed by atoms with Crippen molar-refractivity contribution in [1.82, 2.24) is 0 Å². The molecule has 7 aliphatic rings. The molecule has 4 saturated carbocycles. The molecule has 5 aliphatic carbocycles. The molecule has 14 heteroatoms. The third-order valence-electron chi connectivity index (χ3n) is 14.1. The van der Waals surface area contributed by atoms with Crippen LogP contribution in [0.4, 0.5) is 0 Å². The average Bonchev–Trinajstić information content (AvgIpc) is 3.68. The monoisotopic (exact) mass is 702 g/mol. The highest BCUT2D eigenvalue weighted by Gasteiger charge is 2.83. The average molecular weight is 703 g/mol. The van der Waals surface area contributed by atoms with Crippen LogP contribution in [0.15, 0.2) is 11.8 Å². The fraction of sp³-hybridized carbons (Fsp3) is 0.778. The van der Waals surface area contributed by atoms with Crippen molar-refractivity contribution in [3.8, 4) is 0 Å². The van der Waals surface area contributed by atoms with Gasteiger partial charge in [0.1, 0.15) is 30.2 Å². The number of ether oxygens (including phenoxy) is 6. The summed E-state index contributed by atoms with van der Waals surface area (Å²) in [6, 6.07) is 0. The van der Waals surface area contributed by atoms with Crippen LogP contribution in [0.5, 0.6) is 0 Å². The highest BCUT2D eigenvalue weighted by atomic mass is 16.6. The number of carbonyl (C=O) groups excluding carboxylic acids is 6. The Balaban J connectivity index is 1.51. The highest BCUT2D eigenvalue weighted by molar-refractivity contribution is 5.90. The van der Waals surface area contributed by atoms with E-state index in [9.17, 15) is 34.2 Å². The van der Waals surface area contributed by atoms with Crippen molar-refractivity contribution >= 4 is 35.6 Å². The molecular formula is C36H46O14. The molecule has 0 radical (unpaired) electrons. The second kappa shape index (κ2) is 10.8. The van der Waals surface area contributed by atoms with Gasteiger partial charge in [-0.15, -0.1) is 0 Å². The minimum absolute atomic E-state index is 0.193. The number of ketones is 1. The number of Topliss-reactive ketones (excluding diaryl/α,β-unsaturated/α-hetero) is 1. The molecule has 0 aromatic carbocycles. The number of hydrogen-bond acceptors (Lipinski definition) is 14. The lowest BCUT2D eigenvalue weighted by atomic mass is 9.41. The predicted octanol–water partition coefficient (Wildman–Crippen LogP) is 1.41. The van der Waals surface area contributed by atoms with Gasteiger partial charge in [0.25, 0.3) is 0 Å². The Morgan fingerprint density at radius 1 is 0.800 bits per heavy atom. The van der Waals surface area contributed by atoms with Crippen LogP contribution in [0.25, 0.3) is 0 Å². The first kappa shape index (κ1) is 35.1. The topological polar surface area (TPSA) is 202 Å². The molecule has 0 spiro atoms. The van der Waals surface area contributed by atoms with E-state index in [1.165, 1.54) is 34.6 Å². The van der Waals surface area contributed by atoms with Crippen LogP contribution in [-0.4, -0.2) is 94.2 Å². The van der Waals surface area contributed by atoms with Crippen molar-refractivity contribution < 1.29 is 67.4 Å². The van der Waals surface area contributed by atoms with Crippen LogP contribution >= 0.6 is 0 Å². The summed E-state index contributed by atoms with van der Waals surface area (Å²) in [6.45, 7) is 13.3. The van der Waals surface area contributed by atoms with Crippen LogP contribution in [0.2, 0.25) is 0 Å². The fourth-order valence-corrected chi connectivity index (χ4v) is 12.2. The molecule has 18 atom stereocenters. The van der Waals surface area contributed by atoms with E-state index >= 15 is 4.79 Å². The van der Waals surface area contributed by atoms with Crippen LogP contribution in [0.1, 0.15) is 68.7 Å². The summed E-state index contributed by atoms with van der Waals surface area (Å²) < 4.78 is 35.8. The van der Waals surface area contributed by atoms with Gasteiger partial charge >= 0.3 is 29.8 Å². The van der Waals surface area contributed by atoms with Crippen molar-refractivity contribution in [2.75, 3.05) is 0 Å². The smallest absolute Gasteiger partial charge is 0.343 e.